The minimum atomic E-state index is 0.256. The number of aryl methyl sites for hydroxylation is 1. The summed E-state index contributed by atoms with van der Waals surface area (Å²) in [7, 11) is 0. The molecule has 0 bridgehead atoms. The molecule has 0 saturated carbocycles. The molecular weight excluding hydrogens is 212 g/mol. The van der Waals surface area contributed by atoms with Crippen molar-refractivity contribution in [3.8, 4) is 0 Å². The largest absolute Gasteiger partial charge is 0.396 e. The van der Waals surface area contributed by atoms with Gasteiger partial charge < -0.3 is 15.3 Å². The zero-order valence-corrected chi connectivity index (χ0v) is 10.7. The maximum absolute atomic E-state index is 9.05. The first-order valence-electron chi connectivity index (χ1n) is 6.37. The predicted molar refractivity (Wildman–Crippen MR) is 71.5 cm³/mol. The predicted octanol–water partition coefficient (Wildman–Crippen LogP) is 1.54. The Hall–Kier alpha value is -1.06. The molecule has 2 N–H and O–H groups in total. The van der Waals surface area contributed by atoms with Gasteiger partial charge in [-0.3, -0.25) is 0 Å². The van der Waals surface area contributed by atoms with Gasteiger partial charge >= 0.3 is 0 Å². The summed E-state index contributed by atoms with van der Waals surface area (Å²) in [6.45, 7) is 6.60. The van der Waals surface area contributed by atoms with Gasteiger partial charge in [0.05, 0.1) is 0 Å². The zero-order chi connectivity index (χ0) is 12.3. The van der Waals surface area contributed by atoms with Gasteiger partial charge in [-0.25, -0.2) is 0 Å². The fourth-order valence-corrected chi connectivity index (χ4v) is 2.54. The van der Waals surface area contributed by atoms with E-state index in [1.165, 1.54) is 11.3 Å². The Bertz CT molecular complexity index is 367. The van der Waals surface area contributed by atoms with Crippen molar-refractivity contribution in [2.75, 3.05) is 24.6 Å². The fourth-order valence-electron chi connectivity index (χ4n) is 2.54. The second kappa shape index (κ2) is 5.52. The Morgan fingerprint density at radius 1 is 1.41 bits per heavy atom. The number of nitrogens with one attached hydrogen (secondary N) is 1. The Morgan fingerprint density at radius 2 is 2.24 bits per heavy atom. The molecule has 0 amide bonds. The third kappa shape index (κ3) is 3.20. The van der Waals surface area contributed by atoms with Crippen LogP contribution in [0, 0.1) is 6.92 Å². The van der Waals surface area contributed by atoms with Crippen molar-refractivity contribution >= 4 is 5.69 Å². The van der Waals surface area contributed by atoms with Gasteiger partial charge in [0.15, 0.2) is 0 Å². The van der Waals surface area contributed by atoms with Gasteiger partial charge in [-0.15, -0.1) is 0 Å². The fraction of sp³-hybridized carbons (Fsp3) is 0.571. The molecule has 1 aliphatic rings. The number of aliphatic hydroxyl groups is 1. The van der Waals surface area contributed by atoms with Crippen molar-refractivity contribution in [3.05, 3.63) is 29.8 Å². The van der Waals surface area contributed by atoms with Crippen molar-refractivity contribution < 1.29 is 5.11 Å². The van der Waals surface area contributed by atoms with Crippen molar-refractivity contribution in [1.82, 2.24) is 5.32 Å². The lowest BCUT2D eigenvalue weighted by atomic mass is 10.1. The van der Waals surface area contributed by atoms with Crippen LogP contribution in [0.15, 0.2) is 24.3 Å². The Morgan fingerprint density at radius 3 is 2.94 bits per heavy atom. The van der Waals surface area contributed by atoms with Crippen LogP contribution in [0.2, 0.25) is 0 Å². The van der Waals surface area contributed by atoms with E-state index in [0.29, 0.717) is 12.1 Å². The Labute approximate surface area is 103 Å². The van der Waals surface area contributed by atoms with Crippen LogP contribution in [0.4, 0.5) is 5.69 Å². The number of hydrogen-bond donors (Lipinski definition) is 2. The molecule has 1 aromatic rings. The van der Waals surface area contributed by atoms with E-state index in [2.05, 4.69) is 48.3 Å². The highest BCUT2D eigenvalue weighted by atomic mass is 16.3. The van der Waals surface area contributed by atoms with Gasteiger partial charge in [0.2, 0.25) is 0 Å². The summed E-state index contributed by atoms with van der Waals surface area (Å²) in [5.74, 6) is 0. The summed E-state index contributed by atoms with van der Waals surface area (Å²) in [5, 5.41) is 12.6. The van der Waals surface area contributed by atoms with E-state index in [0.717, 1.165) is 19.5 Å². The van der Waals surface area contributed by atoms with Gasteiger partial charge in [0.25, 0.3) is 0 Å². The van der Waals surface area contributed by atoms with E-state index in [9.17, 15) is 0 Å². The second-order valence-corrected chi connectivity index (χ2v) is 5.02. The Balaban J connectivity index is 2.09. The molecule has 1 aliphatic heterocycles. The van der Waals surface area contributed by atoms with Crippen LogP contribution in [0.3, 0.4) is 0 Å². The van der Waals surface area contributed by atoms with Crippen molar-refractivity contribution in [2.45, 2.75) is 32.4 Å². The van der Waals surface area contributed by atoms with Crippen LogP contribution in [-0.2, 0) is 0 Å². The Kier molecular flexibility index (Phi) is 4.02. The third-order valence-corrected chi connectivity index (χ3v) is 3.30. The summed E-state index contributed by atoms with van der Waals surface area (Å²) in [4.78, 5) is 2.41. The van der Waals surface area contributed by atoms with E-state index in [1.807, 2.05) is 0 Å². The maximum Gasteiger partial charge on any atom is 0.0446 e. The molecule has 0 aliphatic carbocycles. The summed E-state index contributed by atoms with van der Waals surface area (Å²) in [6.07, 6.45) is 0.826. The molecule has 17 heavy (non-hydrogen) atoms. The molecule has 2 unspecified atom stereocenters. The van der Waals surface area contributed by atoms with E-state index < -0.39 is 0 Å². The first-order chi connectivity index (χ1) is 8.19. The lowest BCUT2D eigenvalue weighted by molar-refractivity contribution is 0.250. The molecule has 0 spiro atoms. The van der Waals surface area contributed by atoms with Crippen LogP contribution >= 0.6 is 0 Å². The maximum atomic E-state index is 9.05. The highest BCUT2D eigenvalue weighted by molar-refractivity contribution is 5.49. The minimum absolute atomic E-state index is 0.256. The highest BCUT2D eigenvalue weighted by Crippen LogP contribution is 2.19. The molecule has 0 aromatic heterocycles. The summed E-state index contributed by atoms with van der Waals surface area (Å²) >= 11 is 0. The van der Waals surface area contributed by atoms with Gasteiger partial charge in [-0.2, -0.15) is 0 Å². The molecule has 2 rings (SSSR count). The van der Waals surface area contributed by atoms with E-state index in [-0.39, 0.29) is 6.61 Å². The molecule has 1 aromatic carbocycles. The summed E-state index contributed by atoms with van der Waals surface area (Å²) < 4.78 is 0. The first kappa shape index (κ1) is 12.4. The number of aliphatic hydroxyl groups excluding tert-OH is 1. The highest BCUT2D eigenvalue weighted by Gasteiger charge is 2.23. The quantitative estimate of drug-likeness (QED) is 0.833. The molecular formula is C14H22N2O. The normalized spacial score (nSPS) is 25.0. The summed E-state index contributed by atoms with van der Waals surface area (Å²) in [5.41, 5.74) is 2.59. The smallest absolute Gasteiger partial charge is 0.0446 e. The van der Waals surface area contributed by atoms with E-state index in [4.69, 9.17) is 5.11 Å². The molecule has 3 nitrogen and oxygen atoms in total. The van der Waals surface area contributed by atoms with Gasteiger partial charge in [-0.05, 0) is 38.0 Å². The van der Waals surface area contributed by atoms with E-state index in [1.54, 1.807) is 0 Å². The van der Waals surface area contributed by atoms with Crippen LogP contribution in [0.25, 0.3) is 0 Å². The number of benzene rings is 1. The number of rotatable bonds is 3. The SMILES string of the molecule is Cc1cccc(N2CC(C)NC(CCO)C2)c1. The molecule has 1 saturated heterocycles. The lowest BCUT2D eigenvalue weighted by Crippen LogP contribution is -2.55. The average molecular weight is 234 g/mol. The monoisotopic (exact) mass is 234 g/mol. The molecule has 1 fully saturated rings. The van der Waals surface area contributed by atoms with Gasteiger partial charge in [-0.1, -0.05) is 12.1 Å². The average Bonchev–Trinajstić information content (AvgIpc) is 2.28. The number of nitrogens with zero attached hydrogens (tertiary/aromatic N) is 1. The number of anilines is 1. The lowest BCUT2D eigenvalue weighted by Gasteiger charge is -2.39. The van der Waals surface area contributed by atoms with Gasteiger partial charge in [0.1, 0.15) is 0 Å². The number of piperazine rings is 1. The summed E-state index contributed by atoms with van der Waals surface area (Å²) in [6, 6.07) is 9.50. The first-order valence-corrected chi connectivity index (χ1v) is 6.37. The van der Waals surface area contributed by atoms with Crippen LogP contribution in [0.5, 0.6) is 0 Å². The molecule has 3 heteroatoms. The molecule has 0 radical (unpaired) electrons. The number of hydrogen-bond acceptors (Lipinski definition) is 3. The zero-order valence-electron chi connectivity index (χ0n) is 10.7. The topological polar surface area (TPSA) is 35.5 Å². The van der Waals surface area contributed by atoms with E-state index >= 15 is 0 Å². The van der Waals surface area contributed by atoms with Crippen LogP contribution < -0.4 is 10.2 Å². The molecule has 2 atom stereocenters. The van der Waals surface area contributed by atoms with Crippen LogP contribution in [-0.4, -0.2) is 36.9 Å². The second-order valence-electron chi connectivity index (χ2n) is 5.02. The standard InChI is InChI=1S/C14H22N2O/c1-11-4-3-5-14(8-11)16-9-12(2)15-13(10-16)6-7-17/h3-5,8,12-13,15,17H,6-7,9-10H2,1-2H3. The van der Waals surface area contributed by atoms with Crippen molar-refractivity contribution in [2.24, 2.45) is 0 Å². The molecule has 94 valence electrons. The minimum Gasteiger partial charge on any atom is -0.396 e. The third-order valence-electron chi connectivity index (χ3n) is 3.30. The van der Waals surface area contributed by atoms with Crippen molar-refractivity contribution in [3.63, 3.8) is 0 Å². The molecule has 1 heterocycles. The van der Waals surface area contributed by atoms with Crippen molar-refractivity contribution in [1.29, 1.82) is 0 Å². The van der Waals surface area contributed by atoms with Gasteiger partial charge in [0, 0.05) is 37.5 Å². The van der Waals surface area contributed by atoms with Crippen LogP contribution in [0.1, 0.15) is 18.9 Å².